The maximum Gasteiger partial charge on any atom is 0.394 e. The molecule has 0 radical (unpaired) electrons. The van der Waals surface area contributed by atoms with Crippen molar-refractivity contribution < 1.29 is 9.33 Å². The molecule has 0 rings (SSSR count). The summed E-state index contributed by atoms with van der Waals surface area (Å²) in [5.74, 6) is 0. The van der Waals surface area contributed by atoms with E-state index in [9.17, 15) is 4.57 Å². The monoisotopic (exact) mass is 91.0 g/mol. The fraction of sp³-hybridized carbons (Fsp3) is 0. The van der Waals surface area contributed by atoms with Gasteiger partial charge in [-0.2, -0.15) is 4.76 Å². The predicted molar refractivity (Wildman–Crippen MR) is 18.8 cm³/mol. The van der Waals surface area contributed by atoms with Crippen LogP contribution in [0.3, 0.4) is 0 Å². The van der Waals surface area contributed by atoms with Crippen LogP contribution in [0.25, 0.3) is 0 Å². The van der Waals surface area contributed by atoms with Gasteiger partial charge in [-0.15, -0.1) is 0 Å². The molecule has 0 aliphatic carbocycles. The molecule has 3 N–H and O–H groups in total. The summed E-state index contributed by atoms with van der Waals surface area (Å²) in [5, 5.41) is 0. The lowest BCUT2D eigenvalue weighted by Gasteiger charge is -1.47. The third-order valence-electron chi connectivity index (χ3n) is 0.127. The first-order chi connectivity index (χ1) is 2.41. The Bertz CT molecular complexity index is 51.6. The molecule has 0 saturated carbocycles. The predicted octanol–water partition coefficient (Wildman–Crippen LogP) is -1.74. The van der Waals surface area contributed by atoms with Gasteiger partial charge in [0.25, 0.3) is 0 Å². The van der Waals surface area contributed by atoms with E-state index in [-0.39, 0.29) is 8.61 Å². The van der Waals surface area contributed by atoms with Crippen LogP contribution in [0.1, 0.15) is 0 Å². The highest BCUT2D eigenvalue weighted by atomic mass is 31.1. The lowest BCUT2D eigenvalue weighted by molar-refractivity contribution is -0.253. The summed E-state index contributed by atoms with van der Waals surface area (Å²) in [4.78, 5) is 0. The first-order valence-electron chi connectivity index (χ1n) is 1.03. The number of hydrogen-bond donors (Lipinski definition) is 2. The Morgan fingerprint density at radius 1 is 2.00 bits per heavy atom. The van der Waals surface area contributed by atoms with Crippen molar-refractivity contribution in [3.05, 3.63) is 0 Å². The molecule has 3 nitrogen and oxygen atoms in total. The van der Waals surface area contributed by atoms with Crippen LogP contribution in [0.5, 0.6) is 0 Å². The second-order valence-electron chi connectivity index (χ2n) is 0.387. The van der Waals surface area contributed by atoms with Crippen LogP contribution in [0.2, 0.25) is 0 Å². The molecule has 0 aromatic carbocycles. The van der Waals surface area contributed by atoms with Crippen LogP contribution < -0.4 is 10.5 Å². The summed E-state index contributed by atoms with van der Waals surface area (Å²) in [6.45, 7) is 0. The van der Waals surface area contributed by atoms with Crippen LogP contribution in [0, 0.1) is 0 Å². The smallest absolute Gasteiger partial charge is 0.293 e. The standard InChI is InChI=1S/CH3N2OP/c2-1-3-5-4/h1H,(H2,2,3,4)/p+1. The summed E-state index contributed by atoms with van der Waals surface area (Å²) in [7, 11) is -0.151. The van der Waals surface area contributed by atoms with E-state index in [1.54, 1.807) is 0 Å². The molecule has 4 heteroatoms. The molecule has 0 bridgehead atoms. The second-order valence-corrected chi connectivity index (χ2v) is 0.828. The van der Waals surface area contributed by atoms with Crippen LogP contribution in [0.4, 0.5) is 0 Å². The molecule has 0 amide bonds. The largest absolute Gasteiger partial charge is 0.394 e. The lowest BCUT2D eigenvalue weighted by atomic mass is 11.4. The Kier molecular flexibility index (Phi) is 3.26. The van der Waals surface area contributed by atoms with Gasteiger partial charge in [0, 0.05) is 0 Å². The fourth-order valence-corrected chi connectivity index (χ4v) is 0.0913. The molecule has 0 aliphatic rings. The van der Waals surface area contributed by atoms with Gasteiger partial charge in [0.15, 0.2) is 0 Å². The molecule has 28 valence electrons. The van der Waals surface area contributed by atoms with Crippen LogP contribution in [-0.2, 0) is 4.57 Å². The van der Waals surface area contributed by atoms with E-state index in [0.717, 1.165) is 6.34 Å². The molecule has 0 fully saturated rings. The van der Waals surface area contributed by atoms with Gasteiger partial charge in [-0.1, -0.05) is 0 Å². The molecular formula is CH4N2OP+. The highest BCUT2D eigenvalue weighted by molar-refractivity contribution is 7.14. The van der Waals surface area contributed by atoms with E-state index < -0.39 is 0 Å². The summed E-state index contributed by atoms with van der Waals surface area (Å²) in [5.41, 5.74) is 4.70. The third kappa shape index (κ3) is 3.57. The first kappa shape index (κ1) is 4.57. The van der Waals surface area contributed by atoms with Gasteiger partial charge in [0.2, 0.25) is 6.34 Å². The highest BCUT2D eigenvalue weighted by Crippen LogP contribution is 1.50. The maximum absolute atomic E-state index is 9.28. The normalized spacial score (nSPS) is 10.4. The van der Waals surface area contributed by atoms with E-state index >= 15 is 0 Å². The van der Waals surface area contributed by atoms with Gasteiger partial charge in [0.05, 0.1) is 0 Å². The Labute approximate surface area is 31.2 Å². The first-order valence-corrected chi connectivity index (χ1v) is 1.84. The minimum Gasteiger partial charge on any atom is -0.293 e. The molecule has 5 heavy (non-hydrogen) atoms. The minimum absolute atomic E-state index is 0.151. The molecule has 0 saturated heterocycles. The van der Waals surface area contributed by atoms with Gasteiger partial charge < -0.3 is 0 Å². The zero-order valence-electron chi connectivity index (χ0n) is 2.51. The van der Waals surface area contributed by atoms with Gasteiger partial charge in [0.1, 0.15) is 0 Å². The van der Waals surface area contributed by atoms with Crippen molar-refractivity contribution in [1.82, 2.24) is 0 Å². The van der Waals surface area contributed by atoms with Crippen molar-refractivity contribution in [3.63, 3.8) is 0 Å². The van der Waals surface area contributed by atoms with E-state index in [0.29, 0.717) is 0 Å². The van der Waals surface area contributed by atoms with E-state index in [1.807, 2.05) is 0 Å². The van der Waals surface area contributed by atoms with E-state index in [1.165, 1.54) is 0 Å². The van der Waals surface area contributed by atoms with Crippen LogP contribution >= 0.6 is 8.61 Å². The van der Waals surface area contributed by atoms with Crippen molar-refractivity contribution in [2.45, 2.75) is 0 Å². The molecule has 0 aliphatic heterocycles. The number of rotatable bonds is 1. The molecule has 0 aromatic rings. The summed E-state index contributed by atoms with van der Waals surface area (Å²) >= 11 is 0. The lowest BCUT2D eigenvalue weighted by Crippen LogP contribution is -2.56. The fourth-order valence-electron chi connectivity index (χ4n) is 0.0304. The summed E-state index contributed by atoms with van der Waals surface area (Å²) in [6.07, 6.45) is 1.11. The van der Waals surface area contributed by atoms with E-state index in [2.05, 4.69) is 4.76 Å². The van der Waals surface area contributed by atoms with Gasteiger partial charge in [-0.3, -0.25) is 5.73 Å². The van der Waals surface area contributed by atoms with Crippen LogP contribution in [0.15, 0.2) is 0 Å². The average molecular weight is 91.0 g/mol. The molecule has 0 spiro atoms. The summed E-state index contributed by atoms with van der Waals surface area (Å²) < 4.78 is 11.5. The Morgan fingerprint density at radius 2 is 2.60 bits per heavy atom. The van der Waals surface area contributed by atoms with Crippen LogP contribution in [-0.4, -0.2) is 6.34 Å². The molecule has 0 atom stereocenters. The third-order valence-corrected chi connectivity index (χ3v) is 0.382. The van der Waals surface area contributed by atoms with Crippen molar-refractivity contribution >= 4 is 14.9 Å². The quantitative estimate of drug-likeness (QED) is 0.228. The zero-order valence-corrected chi connectivity index (χ0v) is 3.40. The topological polar surface area (TPSA) is 57.1 Å². The molecule has 0 heterocycles. The average Bonchev–Trinajstić information content (AvgIpc) is 1.41. The SMILES string of the molecule is NC=[NH+]P=O. The van der Waals surface area contributed by atoms with E-state index in [4.69, 9.17) is 5.73 Å². The minimum atomic E-state index is -0.151. The maximum atomic E-state index is 9.28. The number of hydrogen-bond acceptors (Lipinski definition) is 1. The van der Waals surface area contributed by atoms with Gasteiger partial charge in [-0.05, 0) is 0 Å². The molecule has 0 aromatic heterocycles. The second kappa shape index (κ2) is 3.57. The zero-order chi connectivity index (χ0) is 4.12. The number of nitrogens with two attached hydrogens (primary N) is 1. The van der Waals surface area contributed by atoms with Gasteiger partial charge in [-0.25, -0.2) is 4.57 Å². The Hall–Kier alpha value is -0.430. The van der Waals surface area contributed by atoms with Crippen molar-refractivity contribution in [2.75, 3.05) is 0 Å². The Balaban J connectivity index is 2.92. The number of nitrogens with one attached hydrogen (secondary N) is 1. The van der Waals surface area contributed by atoms with Crippen molar-refractivity contribution in [1.29, 1.82) is 0 Å². The molecular weight excluding hydrogens is 87.0 g/mol. The highest BCUT2D eigenvalue weighted by Gasteiger charge is 1.56. The molecule has 0 unspecified atom stereocenters. The van der Waals surface area contributed by atoms with Crippen molar-refractivity contribution in [3.8, 4) is 0 Å². The van der Waals surface area contributed by atoms with Gasteiger partial charge >= 0.3 is 8.61 Å². The van der Waals surface area contributed by atoms with Crippen molar-refractivity contribution in [2.24, 2.45) is 5.73 Å². The Morgan fingerprint density at radius 3 is 2.60 bits per heavy atom. The summed E-state index contributed by atoms with van der Waals surface area (Å²) in [6, 6.07) is 0.